The molecular formula is C17H19FO. The van der Waals surface area contributed by atoms with E-state index in [1.807, 2.05) is 45.0 Å². The Morgan fingerprint density at radius 1 is 0.947 bits per heavy atom. The van der Waals surface area contributed by atoms with Crippen molar-refractivity contribution >= 4 is 0 Å². The van der Waals surface area contributed by atoms with Crippen LogP contribution in [0.2, 0.25) is 0 Å². The molecule has 2 rings (SSSR count). The van der Waals surface area contributed by atoms with Gasteiger partial charge in [0.25, 0.3) is 0 Å². The molecule has 0 heterocycles. The molecule has 0 aliphatic heterocycles. The van der Waals surface area contributed by atoms with Crippen LogP contribution in [-0.2, 0) is 5.60 Å². The van der Waals surface area contributed by atoms with Crippen molar-refractivity contribution in [1.29, 1.82) is 0 Å². The number of halogens is 1. The highest BCUT2D eigenvalue weighted by molar-refractivity contribution is 5.42. The Morgan fingerprint density at radius 2 is 1.63 bits per heavy atom. The van der Waals surface area contributed by atoms with Crippen LogP contribution in [0.4, 0.5) is 4.39 Å². The molecule has 0 saturated carbocycles. The topological polar surface area (TPSA) is 20.2 Å². The van der Waals surface area contributed by atoms with Gasteiger partial charge in [-0.15, -0.1) is 0 Å². The number of hydrogen-bond donors (Lipinski definition) is 1. The van der Waals surface area contributed by atoms with Gasteiger partial charge in [0.15, 0.2) is 0 Å². The summed E-state index contributed by atoms with van der Waals surface area (Å²) in [6.07, 6.45) is 0. The minimum atomic E-state index is -1.19. The summed E-state index contributed by atoms with van der Waals surface area (Å²) >= 11 is 0. The molecule has 0 amide bonds. The van der Waals surface area contributed by atoms with E-state index in [1.165, 1.54) is 12.1 Å². The first-order chi connectivity index (χ1) is 8.80. The Balaban J connectivity index is 2.60. The van der Waals surface area contributed by atoms with E-state index in [0.717, 1.165) is 22.3 Å². The number of aryl methyl sites for hydroxylation is 3. The van der Waals surface area contributed by atoms with Crippen LogP contribution in [0.1, 0.15) is 34.7 Å². The van der Waals surface area contributed by atoms with Crippen LogP contribution in [0.5, 0.6) is 0 Å². The van der Waals surface area contributed by atoms with Gasteiger partial charge in [0.05, 0.1) is 0 Å². The number of rotatable bonds is 2. The van der Waals surface area contributed by atoms with Crippen LogP contribution >= 0.6 is 0 Å². The molecular weight excluding hydrogens is 239 g/mol. The van der Waals surface area contributed by atoms with Crippen LogP contribution in [0.25, 0.3) is 0 Å². The Morgan fingerprint density at radius 3 is 2.26 bits per heavy atom. The van der Waals surface area contributed by atoms with E-state index in [-0.39, 0.29) is 5.82 Å². The SMILES string of the molecule is Cc1cc(F)cc(C(C)(O)c2cc(C)ccc2C)c1. The number of benzene rings is 2. The molecule has 2 heteroatoms. The maximum Gasteiger partial charge on any atom is 0.123 e. The Bertz CT molecular complexity index is 594. The van der Waals surface area contributed by atoms with Crippen LogP contribution in [-0.4, -0.2) is 5.11 Å². The van der Waals surface area contributed by atoms with Gasteiger partial charge in [0.2, 0.25) is 0 Å². The Kier molecular flexibility index (Phi) is 3.46. The van der Waals surface area contributed by atoms with Crippen molar-refractivity contribution in [2.45, 2.75) is 33.3 Å². The fraction of sp³-hybridized carbons (Fsp3) is 0.294. The zero-order valence-corrected chi connectivity index (χ0v) is 11.8. The largest absolute Gasteiger partial charge is 0.381 e. The Labute approximate surface area is 113 Å². The van der Waals surface area contributed by atoms with Crippen molar-refractivity contribution in [3.8, 4) is 0 Å². The zero-order chi connectivity index (χ0) is 14.2. The normalized spacial score (nSPS) is 14.2. The summed E-state index contributed by atoms with van der Waals surface area (Å²) in [5.41, 5.74) is 3.09. The average Bonchev–Trinajstić information content (AvgIpc) is 2.31. The number of hydrogen-bond acceptors (Lipinski definition) is 1. The summed E-state index contributed by atoms with van der Waals surface area (Å²) in [6, 6.07) is 10.6. The van der Waals surface area contributed by atoms with Gasteiger partial charge in [-0.2, -0.15) is 0 Å². The molecule has 0 radical (unpaired) electrons. The molecule has 1 nitrogen and oxygen atoms in total. The van der Waals surface area contributed by atoms with E-state index < -0.39 is 5.60 Å². The standard InChI is InChI=1S/C17H19FO/c1-11-5-6-13(3)16(9-11)17(4,19)14-7-12(2)8-15(18)10-14/h5-10,19H,1-4H3. The third-order valence-electron chi connectivity index (χ3n) is 3.52. The van der Waals surface area contributed by atoms with Gasteiger partial charge >= 0.3 is 0 Å². The van der Waals surface area contributed by atoms with Gasteiger partial charge in [-0.25, -0.2) is 4.39 Å². The van der Waals surface area contributed by atoms with Crippen LogP contribution in [0.15, 0.2) is 36.4 Å². The van der Waals surface area contributed by atoms with Gasteiger partial charge in [-0.3, -0.25) is 0 Å². The molecule has 1 N–H and O–H groups in total. The summed E-state index contributed by atoms with van der Waals surface area (Å²) in [5.74, 6) is -0.319. The maximum absolute atomic E-state index is 13.5. The Hall–Kier alpha value is -1.67. The molecule has 0 bridgehead atoms. The molecule has 1 unspecified atom stereocenters. The molecule has 100 valence electrons. The summed E-state index contributed by atoms with van der Waals surface area (Å²) in [7, 11) is 0. The van der Waals surface area contributed by atoms with Gasteiger partial charge < -0.3 is 5.11 Å². The lowest BCUT2D eigenvalue weighted by molar-refractivity contribution is 0.101. The van der Waals surface area contributed by atoms with E-state index in [2.05, 4.69) is 0 Å². The average molecular weight is 258 g/mol. The molecule has 0 aliphatic carbocycles. The highest BCUT2D eigenvalue weighted by Gasteiger charge is 2.28. The van der Waals surface area contributed by atoms with E-state index in [9.17, 15) is 9.50 Å². The van der Waals surface area contributed by atoms with E-state index in [0.29, 0.717) is 5.56 Å². The molecule has 19 heavy (non-hydrogen) atoms. The van der Waals surface area contributed by atoms with Crippen molar-refractivity contribution in [2.24, 2.45) is 0 Å². The fourth-order valence-electron chi connectivity index (χ4n) is 2.43. The summed E-state index contributed by atoms with van der Waals surface area (Å²) in [6.45, 7) is 7.47. The molecule has 0 aliphatic rings. The summed E-state index contributed by atoms with van der Waals surface area (Å²) in [5, 5.41) is 10.8. The monoisotopic (exact) mass is 258 g/mol. The van der Waals surface area contributed by atoms with Gasteiger partial charge in [-0.1, -0.05) is 29.8 Å². The molecule has 0 aromatic heterocycles. The first-order valence-corrected chi connectivity index (χ1v) is 6.38. The second kappa shape index (κ2) is 4.78. The van der Waals surface area contributed by atoms with Gasteiger partial charge in [0.1, 0.15) is 11.4 Å². The molecule has 0 saturated heterocycles. The first-order valence-electron chi connectivity index (χ1n) is 6.38. The number of aliphatic hydroxyl groups is 1. The third kappa shape index (κ3) is 2.69. The summed E-state index contributed by atoms with van der Waals surface area (Å²) < 4.78 is 13.5. The lowest BCUT2D eigenvalue weighted by Crippen LogP contribution is -2.24. The summed E-state index contributed by atoms with van der Waals surface area (Å²) in [4.78, 5) is 0. The molecule has 0 spiro atoms. The van der Waals surface area contributed by atoms with Gasteiger partial charge in [-0.05, 0) is 62.1 Å². The highest BCUT2D eigenvalue weighted by Crippen LogP contribution is 2.32. The quantitative estimate of drug-likeness (QED) is 0.863. The van der Waals surface area contributed by atoms with Gasteiger partial charge in [0, 0.05) is 0 Å². The lowest BCUT2D eigenvalue weighted by Gasteiger charge is -2.27. The fourth-order valence-corrected chi connectivity index (χ4v) is 2.43. The minimum Gasteiger partial charge on any atom is -0.381 e. The minimum absolute atomic E-state index is 0.319. The van der Waals surface area contributed by atoms with Crippen molar-refractivity contribution in [1.82, 2.24) is 0 Å². The lowest BCUT2D eigenvalue weighted by atomic mass is 9.84. The molecule has 2 aromatic rings. The second-order valence-corrected chi connectivity index (χ2v) is 5.41. The molecule has 2 aromatic carbocycles. The predicted molar refractivity (Wildman–Crippen MR) is 75.7 cm³/mol. The maximum atomic E-state index is 13.5. The highest BCUT2D eigenvalue weighted by atomic mass is 19.1. The first kappa shape index (κ1) is 13.8. The van der Waals surface area contributed by atoms with Crippen LogP contribution < -0.4 is 0 Å². The molecule has 0 fully saturated rings. The smallest absolute Gasteiger partial charge is 0.123 e. The second-order valence-electron chi connectivity index (χ2n) is 5.41. The van der Waals surface area contributed by atoms with E-state index in [1.54, 1.807) is 6.92 Å². The van der Waals surface area contributed by atoms with E-state index in [4.69, 9.17) is 0 Å². The third-order valence-corrected chi connectivity index (χ3v) is 3.52. The van der Waals surface area contributed by atoms with Crippen molar-refractivity contribution in [3.05, 3.63) is 70.0 Å². The van der Waals surface area contributed by atoms with E-state index >= 15 is 0 Å². The van der Waals surface area contributed by atoms with Crippen LogP contribution in [0, 0.1) is 26.6 Å². The van der Waals surface area contributed by atoms with Crippen molar-refractivity contribution in [2.75, 3.05) is 0 Å². The van der Waals surface area contributed by atoms with Crippen LogP contribution in [0.3, 0.4) is 0 Å². The predicted octanol–water partition coefficient (Wildman–Crippen LogP) is 4.01. The zero-order valence-electron chi connectivity index (χ0n) is 11.8. The van der Waals surface area contributed by atoms with Crippen molar-refractivity contribution in [3.63, 3.8) is 0 Å². The molecule has 1 atom stereocenters. The van der Waals surface area contributed by atoms with Crippen molar-refractivity contribution < 1.29 is 9.50 Å².